The summed E-state index contributed by atoms with van der Waals surface area (Å²) in [7, 11) is 0. The van der Waals surface area contributed by atoms with E-state index in [-0.39, 0.29) is 11.9 Å². The summed E-state index contributed by atoms with van der Waals surface area (Å²) in [5, 5.41) is 5.86. The number of benzene rings is 3. The zero-order chi connectivity index (χ0) is 25.7. The Labute approximate surface area is 208 Å². The number of aryl methyl sites for hydroxylation is 1. The minimum Gasteiger partial charge on any atom is -0.354 e. The zero-order valence-corrected chi connectivity index (χ0v) is 20.3. The van der Waals surface area contributed by atoms with Crippen LogP contribution in [0.3, 0.4) is 0 Å². The lowest BCUT2D eigenvalue weighted by molar-refractivity contribution is -0.121. The van der Waals surface area contributed by atoms with Crippen molar-refractivity contribution in [3.05, 3.63) is 110 Å². The van der Waals surface area contributed by atoms with E-state index in [1.54, 1.807) is 30.3 Å². The van der Waals surface area contributed by atoms with E-state index < -0.39 is 29.6 Å². The molecule has 0 spiro atoms. The summed E-state index contributed by atoms with van der Waals surface area (Å²) in [5.74, 6) is -0.861. The number of anilines is 1. The summed E-state index contributed by atoms with van der Waals surface area (Å²) >= 11 is 0. The van der Waals surface area contributed by atoms with Crippen molar-refractivity contribution in [2.45, 2.75) is 33.4 Å². The van der Waals surface area contributed by atoms with Gasteiger partial charge in [-0.3, -0.25) is 23.5 Å². The fourth-order valence-electron chi connectivity index (χ4n) is 4.07. The number of rotatable bonds is 8. The lowest BCUT2D eigenvalue weighted by Crippen LogP contribution is -2.45. The predicted octanol–water partition coefficient (Wildman–Crippen LogP) is 2.78. The van der Waals surface area contributed by atoms with Gasteiger partial charge in [-0.05, 0) is 55.2 Å². The summed E-state index contributed by atoms with van der Waals surface area (Å²) in [6.07, 6.45) is 0.627. The van der Waals surface area contributed by atoms with Crippen LogP contribution < -0.4 is 21.9 Å². The molecular formula is C28H28N4O4. The Hall–Kier alpha value is -4.46. The van der Waals surface area contributed by atoms with Gasteiger partial charge in [-0.15, -0.1) is 0 Å². The third kappa shape index (κ3) is 5.43. The maximum Gasteiger partial charge on any atom is 0.332 e. The Morgan fingerprint density at radius 3 is 2.25 bits per heavy atom. The van der Waals surface area contributed by atoms with E-state index in [4.69, 9.17) is 0 Å². The highest BCUT2D eigenvalue weighted by atomic mass is 16.2. The van der Waals surface area contributed by atoms with Crippen LogP contribution in [0.2, 0.25) is 0 Å². The number of hydrogen-bond acceptors (Lipinski definition) is 4. The third-order valence-electron chi connectivity index (χ3n) is 6.19. The molecule has 0 aliphatic heterocycles. The number of nitrogens with zero attached hydrogens (tertiary/aromatic N) is 2. The van der Waals surface area contributed by atoms with E-state index in [2.05, 4.69) is 10.6 Å². The van der Waals surface area contributed by atoms with Crippen molar-refractivity contribution in [3.63, 3.8) is 0 Å². The minimum absolute atomic E-state index is 0.258. The summed E-state index contributed by atoms with van der Waals surface area (Å²) < 4.78 is 2.11. The minimum atomic E-state index is -0.715. The van der Waals surface area contributed by atoms with Gasteiger partial charge < -0.3 is 10.6 Å². The SMILES string of the molecule is Cc1cccc(NC(=O)Cn2c(=O)n(CC(=O)NCCc3ccccc3)c(=O)c3ccccc32)c1C. The normalized spacial score (nSPS) is 10.8. The van der Waals surface area contributed by atoms with Gasteiger partial charge in [0.25, 0.3) is 5.56 Å². The number of para-hydroxylation sites is 1. The van der Waals surface area contributed by atoms with Gasteiger partial charge in [0.15, 0.2) is 0 Å². The fraction of sp³-hybridized carbons (Fsp3) is 0.214. The van der Waals surface area contributed by atoms with Crippen LogP contribution in [-0.4, -0.2) is 27.5 Å². The number of fused-ring (bicyclic) bond motifs is 1. The van der Waals surface area contributed by atoms with Crippen molar-refractivity contribution >= 4 is 28.4 Å². The van der Waals surface area contributed by atoms with E-state index in [0.717, 1.165) is 21.3 Å². The third-order valence-corrected chi connectivity index (χ3v) is 6.19. The molecule has 0 aliphatic carbocycles. The Morgan fingerprint density at radius 2 is 1.47 bits per heavy atom. The molecular weight excluding hydrogens is 456 g/mol. The van der Waals surface area contributed by atoms with Gasteiger partial charge in [0.2, 0.25) is 11.8 Å². The molecule has 1 aromatic heterocycles. The number of nitrogens with one attached hydrogen (secondary N) is 2. The average molecular weight is 485 g/mol. The second-order valence-electron chi connectivity index (χ2n) is 8.66. The van der Waals surface area contributed by atoms with Crippen LogP contribution >= 0.6 is 0 Å². The van der Waals surface area contributed by atoms with Crippen LogP contribution in [0, 0.1) is 13.8 Å². The molecule has 0 aliphatic rings. The van der Waals surface area contributed by atoms with Crippen LogP contribution in [0.5, 0.6) is 0 Å². The fourth-order valence-corrected chi connectivity index (χ4v) is 4.07. The molecule has 0 radical (unpaired) electrons. The van der Waals surface area contributed by atoms with E-state index in [9.17, 15) is 19.2 Å². The van der Waals surface area contributed by atoms with Crippen molar-refractivity contribution in [1.82, 2.24) is 14.5 Å². The van der Waals surface area contributed by atoms with Gasteiger partial charge in [0.05, 0.1) is 10.9 Å². The average Bonchev–Trinajstić information content (AvgIpc) is 2.88. The van der Waals surface area contributed by atoms with Gasteiger partial charge in [-0.1, -0.05) is 54.6 Å². The first kappa shape index (κ1) is 24.7. The molecule has 3 aromatic carbocycles. The van der Waals surface area contributed by atoms with E-state index in [0.29, 0.717) is 24.2 Å². The number of amides is 2. The zero-order valence-electron chi connectivity index (χ0n) is 20.3. The van der Waals surface area contributed by atoms with Gasteiger partial charge in [-0.2, -0.15) is 0 Å². The molecule has 4 rings (SSSR count). The van der Waals surface area contributed by atoms with Crippen LogP contribution in [0.15, 0.2) is 82.4 Å². The molecule has 0 unspecified atom stereocenters. The number of aromatic nitrogens is 2. The van der Waals surface area contributed by atoms with Crippen LogP contribution in [0.4, 0.5) is 5.69 Å². The molecule has 4 aromatic rings. The van der Waals surface area contributed by atoms with Crippen LogP contribution in [-0.2, 0) is 29.1 Å². The Kier molecular flexibility index (Phi) is 7.44. The summed E-state index contributed by atoms with van der Waals surface area (Å²) in [5.41, 5.74) is 2.74. The van der Waals surface area contributed by atoms with Crippen molar-refractivity contribution in [1.29, 1.82) is 0 Å². The van der Waals surface area contributed by atoms with Gasteiger partial charge in [0, 0.05) is 12.2 Å². The molecule has 8 heteroatoms. The molecule has 184 valence electrons. The van der Waals surface area contributed by atoms with Crippen molar-refractivity contribution < 1.29 is 9.59 Å². The lowest BCUT2D eigenvalue weighted by atomic mass is 10.1. The largest absolute Gasteiger partial charge is 0.354 e. The molecule has 0 bridgehead atoms. The highest BCUT2D eigenvalue weighted by Gasteiger charge is 2.17. The first-order valence-electron chi connectivity index (χ1n) is 11.7. The summed E-state index contributed by atoms with van der Waals surface area (Å²) in [6.45, 7) is 3.49. The second kappa shape index (κ2) is 10.9. The molecule has 8 nitrogen and oxygen atoms in total. The highest BCUT2D eigenvalue weighted by Crippen LogP contribution is 2.18. The molecule has 0 saturated carbocycles. The standard InChI is InChI=1S/C28H28N4O4/c1-19-9-8-13-23(20(19)2)30-26(34)18-31-24-14-7-6-12-22(24)27(35)32(28(31)36)17-25(33)29-16-15-21-10-4-3-5-11-21/h3-14H,15-18H2,1-2H3,(H,29,33)(H,30,34). The molecule has 0 fully saturated rings. The second-order valence-corrected chi connectivity index (χ2v) is 8.66. The number of carbonyl (C=O) groups excluding carboxylic acids is 2. The first-order chi connectivity index (χ1) is 17.3. The summed E-state index contributed by atoms with van der Waals surface area (Å²) in [4.78, 5) is 51.9. The van der Waals surface area contributed by atoms with E-state index in [1.807, 2.05) is 56.3 Å². The Bertz CT molecular complexity index is 1540. The monoisotopic (exact) mass is 484 g/mol. The molecule has 36 heavy (non-hydrogen) atoms. The van der Waals surface area contributed by atoms with Crippen LogP contribution in [0.25, 0.3) is 10.9 Å². The van der Waals surface area contributed by atoms with Gasteiger partial charge >= 0.3 is 5.69 Å². The van der Waals surface area contributed by atoms with Gasteiger partial charge in [0.1, 0.15) is 13.1 Å². The molecule has 1 heterocycles. The van der Waals surface area contributed by atoms with Crippen molar-refractivity contribution in [2.24, 2.45) is 0 Å². The summed E-state index contributed by atoms with van der Waals surface area (Å²) in [6, 6.07) is 21.8. The highest BCUT2D eigenvalue weighted by molar-refractivity contribution is 5.92. The number of hydrogen-bond donors (Lipinski definition) is 2. The number of carbonyl (C=O) groups is 2. The maximum atomic E-state index is 13.3. The van der Waals surface area contributed by atoms with E-state index >= 15 is 0 Å². The first-order valence-corrected chi connectivity index (χ1v) is 11.7. The quantitative estimate of drug-likeness (QED) is 0.402. The molecule has 0 atom stereocenters. The van der Waals surface area contributed by atoms with E-state index in [1.165, 1.54) is 4.57 Å². The lowest BCUT2D eigenvalue weighted by Gasteiger charge is -2.15. The predicted molar refractivity (Wildman–Crippen MR) is 140 cm³/mol. The van der Waals surface area contributed by atoms with Crippen LogP contribution in [0.1, 0.15) is 16.7 Å². The molecule has 0 saturated heterocycles. The smallest absolute Gasteiger partial charge is 0.332 e. The van der Waals surface area contributed by atoms with Crippen molar-refractivity contribution in [2.75, 3.05) is 11.9 Å². The molecule has 2 N–H and O–H groups in total. The van der Waals surface area contributed by atoms with Crippen molar-refractivity contribution in [3.8, 4) is 0 Å². The van der Waals surface area contributed by atoms with Gasteiger partial charge in [-0.25, -0.2) is 4.79 Å². The molecule has 2 amide bonds. The topological polar surface area (TPSA) is 102 Å². The maximum absolute atomic E-state index is 13.3. The Morgan fingerprint density at radius 1 is 0.778 bits per heavy atom. The Balaban J connectivity index is 1.57.